The molecular formula is C20H19BN4Re-. The Balaban J connectivity index is 0.00000113. The number of aliphatic imine (C=N–C) groups is 1. The van der Waals surface area contributed by atoms with Gasteiger partial charge in [-0.05, 0) is 11.1 Å². The number of aromatic nitrogens is 2. The van der Waals surface area contributed by atoms with Crippen LogP contribution >= 0.6 is 0 Å². The molecule has 4 nitrogen and oxygen atoms in total. The minimum atomic E-state index is 0. The topological polar surface area (TPSA) is 53.4 Å². The molecule has 0 bridgehead atoms. The Bertz CT molecular complexity index is 965. The van der Waals surface area contributed by atoms with Gasteiger partial charge in [-0.1, -0.05) is 79.5 Å². The zero-order valence-corrected chi connectivity index (χ0v) is 16.4. The fraction of sp³-hybridized carbons (Fsp3) is 0.150. The molecule has 1 aliphatic heterocycles. The van der Waals surface area contributed by atoms with Crippen LogP contribution in [0.4, 0.5) is 0 Å². The monoisotopic (exact) mass is 513 g/mol. The average molecular weight is 512 g/mol. The number of benzene rings is 2. The largest absolute Gasteiger partial charge is 0.429 e. The van der Waals surface area contributed by atoms with E-state index < -0.39 is 0 Å². The molecule has 0 saturated carbocycles. The second kappa shape index (κ2) is 9.42. The van der Waals surface area contributed by atoms with E-state index in [2.05, 4.69) is 45.4 Å². The Hall–Kier alpha value is -2.28. The third-order valence-electron chi connectivity index (χ3n) is 3.94. The van der Waals surface area contributed by atoms with Gasteiger partial charge in [-0.3, -0.25) is 4.99 Å². The molecule has 1 aliphatic rings. The number of fused-ring (bicyclic) bond motifs is 3. The van der Waals surface area contributed by atoms with Crippen molar-refractivity contribution < 1.29 is 20.4 Å². The number of hydrogen-bond acceptors (Lipinski definition) is 3. The average Bonchev–Trinajstić information content (AvgIpc) is 2.79. The van der Waals surface area contributed by atoms with Crippen LogP contribution in [0.5, 0.6) is 0 Å². The SMILES string of the molecule is C.CN=c1n[c-]c2c([nH]1)-c1ccccc1C(c1ccccc1)=NC2.[B].[Re]. The molecule has 0 unspecified atom stereocenters. The quantitative estimate of drug-likeness (QED) is 0.396. The first kappa shape index (κ1) is 21.8. The maximum Gasteiger partial charge on any atom is 0.107 e. The van der Waals surface area contributed by atoms with Gasteiger partial charge in [-0.2, -0.15) is 0 Å². The van der Waals surface area contributed by atoms with E-state index in [0.29, 0.717) is 12.2 Å². The van der Waals surface area contributed by atoms with Crippen LogP contribution < -0.4 is 5.62 Å². The van der Waals surface area contributed by atoms with E-state index in [1.807, 2.05) is 30.3 Å². The number of rotatable bonds is 1. The Morgan fingerprint density at radius 2 is 1.65 bits per heavy atom. The maximum atomic E-state index is 4.83. The van der Waals surface area contributed by atoms with E-state index in [1.54, 1.807) is 7.05 Å². The molecule has 26 heavy (non-hydrogen) atoms. The second-order valence-electron chi connectivity index (χ2n) is 5.33. The molecule has 3 aromatic rings. The van der Waals surface area contributed by atoms with Crippen LogP contribution in [0.2, 0.25) is 0 Å². The van der Waals surface area contributed by atoms with Crippen molar-refractivity contribution in [3.63, 3.8) is 0 Å². The number of nitrogens with one attached hydrogen (secondary N) is 1. The van der Waals surface area contributed by atoms with Gasteiger partial charge >= 0.3 is 0 Å². The number of aromatic amines is 1. The fourth-order valence-corrected chi connectivity index (χ4v) is 2.84. The normalized spacial score (nSPS) is 12.2. The summed E-state index contributed by atoms with van der Waals surface area (Å²) in [6, 6.07) is 18.5. The minimum Gasteiger partial charge on any atom is -0.429 e. The van der Waals surface area contributed by atoms with Gasteiger partial charge in [-0.25, -0.2) is 0 Å². The molecule has 0 fully saturated rings. The second-order valence-corrected chi connectivity index (χ2v) is 5.33. The molecule has 0 amide bonds. The molecule has 4 rings (SSSR count). The predicted octanol–water partition coefficient (Wildman–Crippen LogP) is 3.01. The summed E-state index contributed by atoms with van der Waals surface area (Å²) in [5.74, 6) is 0. The first-order valence-corrected chi connectivity index (χ1v) is 7.50. The van der Waals surface area contributed by atoms with Crippen LogP contribution in [-0.2, 0) is 27.0 Å². The Labute approximate surface area is 169 Å². The number of H-pyrrole nitrogens is 1. The van der Waals surface area contributed by atoms with E-state index in [4.69, 9.17) is 4.99 Å². The predicted molar refractivity (Wildman–Crippen MR) is 103 cm³/mol. The van der Waals surface area contributed by atoms with Crippen molar-refractivity contribution in [1.82, 2.24) is 9.97 Å². The summed E-state index contributed by atoms with van der Waals surface area (Å²) in [5.41, 5.74) is 6.83. The van der Waals surface area contributed by atoms with Gasteiger partial charge < -0.3 is 15.0 Å². The molecule has 0 spiro atoms. The molecule has 2 aromatic carbocycles. The third kappa shape index (κ3) is 3.93. The standard InChI is InChI=1S/C19H15N4.CH4.B.Re/c1-20-19-22-12-14-11-21-17(13-7-3-2-4-8-13)15-9-5-6-10-16(15)18(14)23-19;;;/h2-10H,11H2,1H3,(H,20,22,23);1H4;;/q-1;;;. The van der Waals surface area contributed by atoms with E-state index >= 15 is 0 Å². The molecule has 1 aromatic heterocycles. The summed E-state index contributed by atoms with van der Waals surface area (Å²) in [6.45, 7) is 0.543. The van der Waals surface area contributed by atoms with E-state index in [1.165, 1.54) is 0 Å². The van der Waals surface area contributed by atoms with Gasteiger partial charge in [0.2, 0.25) is 0 Å². The van der Waals surface area contributed by atoms with E-state index in [9.17, 15) is 0 Å². The van der Waals surface area contributed by atoms with Gasteiger partial charge in [-0.15, -0.1) is 0 Å². The van der Waals surface area contributed by atoms with Gasteiger partial charge in [0.25, 0.3) is 0 Å². The van der Waals surface area contributed by atoms with Crippen molar-refractivity contribution in [3.8, 4) is 11.3 Å². The smallest absolute Gasteiger partial charge is 0.107 e. The maximum absolute atomic E-state index is 4.83. The van der Waals surface area contributed by atoms with Crippen LogP contribution in [0.3, 0.4) is 0 Å². The summed E-state index contributed by atoms with van der Waals surface area (Å²) in [4.78, 5) is 16.5. The molecule has 1 N–H and O–H groups in total. The van der Waals surface area contributed by atoms with Crippen molar-refractivity contribution >= 4 is 14.1 Å². The molecule has 2 heterocycles. The van der Waals surface area contributed by atoms with E-state index in [0.717, 1.165) is 33.7 Å². The zero-order chi connectivity index (χ0) is 15.6. The summed E-state index contributed by atoms with van der Waals surface area (Å²) in [5, 5.41) is 0. The Kier molecular flexibility index (Phi) is 7.89. The summed E-state index contributed by atoms with van der Waals surface area (Å²) >= 11 is 0. The van der Waals surface area contributed by atoms with Gasteiger partial charge in [0.05, 0.1) is 5.71 Å². The molecule has 6 heteroatoms. The molecule has 0 aliphatic carbocycles. The van der Waals surface area contributed by atoms with E-state index in [-0.39, 0.29) is 36.3 Å². The molecule has 4 radical (unpaired) electrons. The Morgan fingerprint density at radius 1 is 1.00 bits per heavy atom. The van der Waals surface area contributed by atoms with Gasteiger partial charge in [0.15, 0.2) is 0 Å². The third-order valence-corrected chi connectivity index (χ3v) is 3.94. The first-order valence-electron chi connectivity index (χ1n) is 7.50. The molecule has 0 atom stereocenters. The summed E-state index contributed by atoms with van der Waals surface area (Å²) in [6.07, 6.45) is 3.08. The van der Waals surface area contributed by atoms with Crippen molar-refractivity contribution in [2.24, 2.45) is 9.98 Å². The Morgan fingerprint density at radius 3 is 2.35 bits per heavy atom. The van der Waals surface area contributed by atoms with Crippen LogP contribution in [0.1, 0.15) is 24.1 Å². The van der Waals surface area contributed by atoms with Gasteiger partial charge in [0, 0.05) is 48.0 Å². The molecular weight excluding hydrogens is 493 g/mol. The van der Waals surface area contributed by atoms with Crippen LogP contribution in [0.15, 0.2) is 64.6 Å². The number of nitrogens with zero attached hydrogens (tertiary/aromatic N) is 3. The molecule has 130 valence electrons. The summed E-state index contributed by atoms with van der Waals surface area (Å²) < 4.78 is 0. The van der Waals surface area contributed by atoms with Crippen molar-refractivity contribution in [2.45, 2.75) is 14.0 Å². The van der Waals surface area contributed by atoms with Crippen molar-refractivity contribution in [3.05, 3.63) is 83.1 Å². The summed E-state index contributed by atoms with van der Waals surface area (Å²) in [7, 11) is 1.72. The fourth-order valence-electron chi connectivity index (χ4n) is 2.84. The first-order chi connectivity index (χ1) is 11.4. The van der Waals surface area contributed by atoms with Crippen LogP contribution in [0.25, 0.3) is 11.3 Å². The van der Waals surface area contributed by atoms with Crippen molar-refractivity contribution in [1.29, 1.82) is 0 Å². The van der Waals surface area contributed by atoms with Crippen LogP contribution in [-0.4, -0.2) is 31.1 Å². The van der Waals surface area contributed by atoms with Crippen molar-refractivity contribution in [2.75, 3.05) is 7.05 Å². The van der Waals surface area contributed by atoms with Gasteiger partial charge in [0.1, 0.15) is 5.62 Å². The molecule has 0 saturated heterocycles. The van der Waals surface area contributed by atoms with Crippen LogP contribution in [0, 0.1) is 6.20 Å². The number of hydrogen-bond donors (Lipinski definition) is 1. The minimum absolute atomic E-state index is 0. The zero-order valence-electron chi connectivity index (χ0n) is 13.7.